The predicted molar refractivity (Wildman–Crippen MR) is 78.1 cm³/mol. The van der Waals surface area contributed by atoms with Crippen molar-refractivity contribution in [2.75, 3.05) is 0 Å². The Kier molecular flexibility index (Phi) is 3.93. The van der Waals surface area contributed by atoms with Crippen LogP contribution in [0.3, 0.4) is 0 Å². The van der Waals surface area contributed by atoms with Crippen molar-refractivity contribution < 1.29 is 0 Å². The largest absolute Gasteiger partial charge is 0.198 e. The smallest absolute Gasteiger partial charge is 0.0624 e. The van der Waals surface area contributed by atoms with Gasteiger partial charge in [-0.15, -0.1) is 0 Å². The summed E-state index contributed by atoms with van der Waals surface area (Å²) in [5.41, 5.74) is 0. The van der Waals surface area contributed by atoms with Gasteiger partial charge in [0.15, 0.2) is 0 Å². The Labute approximate surface area is 121 Å². The van der Waals surface area contributed by atoms with Crippen LogP contribution in [0.5, 0.6) is 0 Å². The Morgan fingerprint density at radius 1 is 0.650 bits per heavy atom. The highest BCUT2D eigenvalue weighted by atomic mass is 14.5. The van der Waals surface area contributed by atoms with Crippen LogP contribution in [0, 0.1) is 58.2 Å². The van der Waals surface area contributed by atoms with Gasteiger partial charge in [-0.25, -0.2) is 0 Å². The zero-order chi connectivity index (χ0) is 13.9. The third-order valence-corrected chi connectivity index (χ3v) is 5.92. The molecule has 2 nitrogen and oxygen atoms in total. The van der Waals surface area contributed by atoms with Crippen LogP contribution < -0.4 is 0 Å². The average Bonchev–Trinajstić information content (AvgIpc) is 2.50. The first-order valence-electron chi connectivity index (χ1n) is 7.90. The van der Waals surface area contributed by atoms with E-state index in [9.17, 15) is 10.5 Å². The van der Waals surface area contributed by atoms with Crippen molar-refractivity contribution in [3.63, 3.8) is 0 Å². The highest BCUT2D eigenvalue weighted by Crippen LogP contribution is 2.55. The molecule has 0 aromatic carbocycles. The van der Waals surface area contributed by atoms with Crippen LogP contribution in [0.1, 0.15) is 38.5 Å². The fourth-order valence-corrected chi connectivity index (χ4v) is 5.13. The molecule has 2 heteroatoms. The molecule has 0 aromatic heterocycles. The van der Waals surface area contributed by atoms with Crippen molar-refractivity contribution in [2.45, 2.75) is 38.5 Å². The van der Waals surface area contributed by atoms with Crippen molar-refractivity contribution in [3.05, 3.63) is 24.3 Å². The Morgan fingerprint density at radius 2 is 0.950 bits per heavy atom. The van der Waals surface area contributed by atoms with Crippen LogP contribution in [0.15, 0.2) is 24.3 Å². The second-order valence-electron chi connectivity index (χ2n) is 6.59. The van der Waals surface area contributed by atoms with Crippen molar-refractivity contribution in [2.24, 2.45) is 35.5 Å². The Balaban J connectivity index is 1.95. The lowest BCUT2D eigenvalue weighted by Crippen LogP contribution is -2.47. The van der Waals surface area contributed by atoms with Gasteiger partial charge in [-0.3, -0.25) is 0 Å². The number of rotatable bonds is 2. The third-order valence-electron chi connectivity index (χ3n) is 5.92. The van der Waals surface area contributed by atoms with Crippen LogP contribution >= 0.6 is 0 Å². The van der Waals surface area contributed by atoms with E-state index in [0.717, 1.165) is 25.7 Å². The van der Waals surface area contributed by atoms with E-state index in [-0.39, 0.29) is 0 Å². The summed E-state index contributed by atoms with van der Waals surface area (Å²) < 4.78 is 0. The summed E-state index contributed by atoms with van der Waals surface area (Å²) in [7, 11) is 0. The topological polar surface area (TPSA) is 47.6 Å². The molecule has 6 atom stereocenters. The molecule has 3 aliphatic rings. The maximum absolute atomic E-state index is 9.23. The van der Waals surface area contributed by atoms with E-state index in [1.165, 1.54) is 0 Å². The van der Waals surface area contributed by atoms with Crippen molar-refractivity contribution in [1.29, 1.82) is 10.5 Å². The summed E-state index contributed by atoms with van der Waals surface area (Å²) in [5, 5.41) is 18.5. The second-order valence-corrected chi connectivity index (χ2v) is 6.59. The van der Waals surface area contributed by atoms with Crippen molar-refractivity contribution >= 4 is 0 Å². The summed E-state index contributed by atoms with van der Waals surface area (Å²) in [4.78, 5) is 0. The summed E-state index contributed by atoms with van der Waals surface area (Å²) in [6.45, 7) is 0. The summed E-state index contributed by atoms with van der Waals surface area (Å²) in [6, 6.07) is 4.87. The molecule has 2 unspecified atom stereocenters. The molecule has 0 radical (unpaired) electrons. The van der Waals surface area contributed by atoms with Gasteiger partial charge in [0.1, 0.15) is 0 Å². The number of hydrogen-bond acceptors (Lipinski definition) is 2. The van der Waals surface area contributed by atoms with Gasteiger partial charge in [-0.1, -0.05) is 24.3 Å². The van der Waals surface area contributed by atoms with Crippen LogP contribution in [-0.2, 0) is 0 Å². The second kappa shape index (κ2) is 5.84. The number of nitrogens with zero attached hydrogens (tertiary/aromatic N) is 2. The normalized spacial score (nSPS) is 42.1. The molecular formula is C18H22N2. The molecule has 0 bridgehead atoms. The number of nitriles is 2. The van der Waals surface area contributed by atoms with Crippen LogP contribution in [-0.4, -0.2) is 0 Å². The lowest BCUT2D eigenvalue weighted by atomic mass is 9.51. The van der Waals surface area contributed by atoms with E-state index in [2.05, 4.69) is 36.4 Å². The molecule has 1 fully saturated rings. The van der Waals surface area contributed by atoms with Crippen LogP contribution in [0.4, 0.5) is 0 Å². The highest BCUT2D eigenvalue weighted by Gasteiger charge is 2.49. The van der Waals surface area contributed by atoms with E-state index < -0.39 is 0 Å². The highest BCUT2D eigenvalue weighted by molar-refractivity contribution is 5.11. The van der Waals surface area contributed by atoms with Gasteiger partial charge in [0.25, 0.3) is 0 Å². The zero-order valence-electron chi connectivity index (χ0n) is 11.9. The fraction of sp³-hybridized carbons (Fsp3) is 0.667. The lowest BCUT2D eigenvalue weighted by molar-refractivity contribution is -0.0203. The molecule has 3 aliphatic carbocycles. The minimum atomic E-state index is 0.542. The number of fused-ring (bicyclic) bond motifs is 2. The molecule has 0 N–H and O–H groups in total. The summed E-state index contributed by atoms with van der Waals surface area (Å²) >= 11 is 0. The van der Waals surface area contributed by atoms with Gasteiger partial charge in [-0.05, 0) is 61.2 Å². The molecule has 104 valence electrons. The molecule has 20 heavy (non-hydrogen) atoms. The van der Waals surface area contributed by atoms with E-state index in [1.807, 2.05) is 0 Å². The maximum atomic E-state index is 9.23. The van der Waals surface area contributed by atoms with Gasteiger partial charge < -0.3 is 0 Å². The van der Waals surface area contributed by atoms with Gasteiger partial charge in [-0.2, -0.15) is 10.5 Å². The van der Waals surface area contributed by atoms with Gasteiger partial charge in [0.05, 0.1) is 12.1 Å². The molecular weight excluding hydrogens is 244 g/mol. The average molecular weight is 266 g/mol. The molecule has 0 amide bonds. The number of hydrogen-bond donors (Lipinski definition) is 0. The molecule has 0 spiro atoms. The standard InChI is InChI=1S/C18H22N2/c19-11-9-17-13-5-1-2-6-14(13)18(10-12-20)16-8-4-3-7-15(16)17/h1-4,13-18H,5-10H2/t13-,14-,15+,16+,17?,18?. The zero-order valence-corrected chi connectivity index (χ0v) is 11.9. The fourth-order valence-electron chi connectivity index (χ4n) is 5.13. The molecule has 3 rings (SSSR count). The summed E-state index contributed by atoms with van der Waals surface area (Å²) in [6.07, 6.45) is 15.1. The van der Waals surface area contributed by atoms with Gasteiger partial charge >= 0.3 is 0 Å². The van der Waals surface area contributed by atoms with E-state index in [1.54, 1.807) is 0 Å². The monoisotopic (exact) mass is 266 g/mol. The first kappa shape index (κ1) is 13.4. The first-order chi connectivity index (χ1) is 9.86. The Hall–Kier alpha value is -1.54. The van der Waals surface area contributed by atoms with Gasteiger partial charge in [0, 0.05) is 12.8 Å². The molecule has 0 aliphatic heterocycles. The van der Waals surface area contributed by atoms with E-state index in [0.29, 0.717) is 48.3 Å². The molecule has 1 saturated carbocycles. The lowest BCUT2D eigenvalue weighted by Gasteiger charge is -2.53. The predicted octanol–water partition coefficient (Wildman–Crippen LogP) is 4.22. The van der Waals surface area contributed by atoms with Crippen LogP contribution in [0.25, 0.3) is 0 Å². The summed E-state index contributed by atoms with van der Waals surface area (Å²) in [5.74, 6) is 3.60. The van der Waals surface area contributed by atoms with Crippen molar-refractivity contribution in [1.82, 2.24) is 0 Å². The number of allylic oxidation sites excluding steroid dienone is 4. The van der Waals surface area contributed by atoms with E-state index in [4.69, 9.17) is 0 Å². The van der Waals surface area contributed by atoms with Crippen molar-refractivity contribution in [3.8, 4) is 12.1 Å². The van der Waals surface area contributed by atoms with Gasteiger partial charge in [0.2, 0.25) is 0 Å². The third kappa shape index (κ3) is 2.18. The maximum Gasteiger partial charge on any atom is 0.0624 e. The quantitative estimate of drug-likeness (QED) is 0.702. The minimum absolute atomic E-state index is 0.542. The van der Waals surface area contributed by atoms with E-state index >= 15 is 0 Å². The Bertz CT molecular complexity index is 417. The molecule has 0 saturated heterocycles. The minimum Gasteiger partial charge on any atom is -0.198 e. The Morgan fingerprint density at radius 3 is 1.20 bits per heavy atom. The first-order valence-corrected chi connectivity index (χ1v) is 7.90. The van der Waals surface area contributed by atoms with Crippen LogP contribution in [0.2, 0.25) is 0 Å². The SMILES string of the molecule is N#CCC1[C@H]2CC=CC[C@@H]2C(CC#N)[C@@H]2CC=CC[C@@H]12. The molecule has 0 aromatic rings. The molecule has 0 heterocycles.